The highest BCUT2D eigenvalue weighted by Gasteiger charge is 2.54. The van der Waals surface area contributed by atoms with E-state index in [0.717, 1.165) is 0 Å². The van der Waals surface area contributed by atoms with Crippen LogP contribution in [-0.4, -0.2) is 24.2 Å². The number of hydrogen-bond donors (Lipinski definition) is 2. The molecule has 0 aliphatic heterocycles. The lowest BCUT2D eigenvalue weighted by Gasteiger charge is -2.22. The van der Waals surface area contributed by atoms with E-state index in [0.29, 0.717) is 18.4 Å². The molecule has 1 aliphatic carbocycles. The summed E-state index contributed by atoms with van der Waals surface area (Å²) in [6.45, 7) is 0. The number of methoxy groups -OCH3 is 1. The maximum absolute atomic E-state index is 13.2. The maximum atomic E-state index is 13.2. The van der Waals surface area contributed by atoms with E-state index in [2.05, 4.69) is 4.74 Å². The molecule has 4 nitrogen and oxygen atoms in total. The van der Waals surface area contributed by atoms with Crippen LogP contribution >= 0.6 is 0 Å². The van der Waals surface area contributed by atoms with Gasteiger partial charge < -0.3 is 15.6 Å². The van der Waals surface area contributed by atoms with Gasteiger partial charge in [-0.2, -0.15) is 0 Å². The summed E-state index contributed by atoms with van der Waals surface area (Å²) in [6.07, 6.45) is 1.28. The highest BCUT2D eigenvalue weighted by atomic mass is 19.1. The molecule has 1 fully saturated rings. The van der Waals surface area contributed by atoms with E-state index in [4.69, 9.17) is 5.73 Å². The van der Waals surface area contributed by atoms with Crippen LogP contribution in [0.4, 0.5) is 4.39 Å². The molecule has 0 amide bonds. The van der Waals surface area contributed by atoms with Crippen LogP contribution in [0.25, 0.3) is 0 Å². The molecule has 17 heavy (non-hydrogen) atoms. The number of aromatic hydroxyl groups is 1. The number of halogens is 1. The van der Waals surface area contributed by atoms with Crippen LogP contribution in [0.1, 0.15) is 18.4 Å². The number of hydrogen-bond acceptors (Lipinski definition) is 4. The fourth-order valence-electron chi connectivity index (χ4n) is 2.14. The minimum atomic E-state index is -0.875. The Kier molecular flexibility index (Phi) is 2.79. The van der Waals surface area contributed by atoms with Crippen molar-refractivity contribution in [3.05, 3.63) is 29.6 Å². The fourth-order valence-corrected chi connectivity index (χ4v) is 2.14. The lowest BCUT2D eigenvalue weighted by atomic mass is 9.87. The topological polar surface area (TPSA) is 72.5 Å². The summed E-state index contributed by atoms with van der Waals surface area (Å²) in [5.41, 5.74) is 5.51. The number of phenols is 1. The van der Waals surface area contributed by atoms with Crippen molar-refractivity contribution < 1.29 is 19.0 Å². The number of carbonyl (C=O) groups is 1. The minimum Gasteiger partial charge on any atom is -0.508 e. The van der Waals surface area contributed by atoms with Gasteiger partial charge in [-0.1, -0.05) is 0 Å². The van der Waals surface area contributed by atoms with E-state index in [1.54, 1.807) is 0 Å². The van der Waals surface area contributed by atoms with Crippen molar-refractivity contribution in [3.8, 4) is 5.75 Å². The quantitative estimate of drug-likeness (QED) is 0.774. The summed E-state index contributed by atoms with van der Waals surface area (Å²) < 4.78 is 17.8. The van der Waals surface area contributed by atoms with Gasteiger partial charge in [0.05, 0.1) is 7.11 Å². The van der Waals surface area contributed by atoms with Crippen molar-refractivity contribution in [1.29, 1.82) is 0 Å². The summed E-state index contributed by atoms with van der Waals surface area (Å²) in [7, 11) is 1.25. The molecule has 0 heterocycles. The second-order valence-corrected chi connectivity index (χ2v) is 4.32. The highest BCUT2D eigenvalue weighted by molar-refractivity contribution is 5.79. The molecule has 0 bridgehead atoms. The molecule has 0 saturated heterocycles. The normalized spacial score (nSPS) is 18.5. The highest BCUT2D eigenvalue weighted by Crippen LogP contribution is 2.53. The summed E-state index contributed by atoms with van der Waals surface area (Å²) in [5, 5.41) is 9.74. The van der Waals surface area contributed by atoms with Crippen LogP contribution in [0.3, 0.4) is 0 Å². The fraction of sp³-hybridized carbons (Fsp3) is 0.417. The standard InChI is InChI=1S/C12H14FNO3/c1-17-11(16)10(14)12(4-5-12)8-6-7(13)2-3-9(8)15/h2-3,6,10,15H,4-5,14H2,1H3. The first-order chi connectivity index (χ1) is 8.01. The molecule has 1 aromatic carbocycles. The molecule has 1 atom stereocenters. The van der Waals surface area contributed by atoms with Crippen LogP contribution in [0, 0.1) is 5.82 Å². The van der Waals surface area contributed by atoms with Crippen LogP contribution in [0.2, 0.25) is 0 Å². The minimum absolute atomic E-state index is 0.0387. The molecule has 0 radical (unpaired) electrons. The number of ether oxygens (including phenoxy) is 1. The zero-order valence-electron chi connectivity index (χ0n) is 9.44. The van der Waals surface area contributed by atoms with Gasteiger partial charge in [0.25, 0.3) is 0 Å². The Labute approximate surface area is 98.2 Å². The Morgan fingerprint density at radius 3 is 2.76 bits per heavy atom. The molecule has 3 N–H and O–H groups in total. The van der Waals surface area contributed by atoms with Gasteiger partial charge in [0.2, 0.25) is 0 Å². The monoisotopic (exact) mass is 239 g/mol. The Morgan fingerprint density at radius 1 is 1.59 bits per heavy atom. The van der Waals surface area contributed by atoms with Gasteiger partial charge in [-0.15, -0.1) is 0 Å². The van der Waals surface area contributed by atoms with Crippen molar-refractivity contribution in [3.63, 3.8) is 0 Å². The number of esters is 1. The van der Waals surface area contributed by atoms with Gasteiger partial charge in [0, 0.05) is 11.0 Å². The van der Waals surface area contributed by atoms with Crippen LogP contribution in [0.5, 0.6) is 5.75 Å². The van der Waals surface area contributed by atoms with E-state index >= 15 is 0 Å². The summed E-state index contributed by atoms with van der Waals surface area (Å²) in [4.78, 5) is 11.4. The molecular formula is C12H14FNO3. The molecule has 1 aliphatic rings. The number of rotatable bonds is 3. The van der Waals surface area contributed by atoms with Gasteiger partial charge in [-0.05, 0) is 31.0 Å². The van der Waals surface area contributed by atoms with E-state index < -0.39 is 23.2 Å². The Morgan fingerprint density at radius 2 is 2.24 bits per heavy atom. The largest absolute Gasteiger partial charge is 0.508 e. The summed E-state index contributed by atoms with van der Waals surface area (Å²) in [5.74, 6) is -1.05. The number of benzene rings is 1. The maximum Gasteiger partial charge on any atom is 0.323 e. The van der Waals surface area contributed by atoms with Crippen molar-refractivity contribution in [1.82, 2.24) is 0 Å². The summed E-state index contributed by atoms with van der Waals surface area (Å²) in [6, 6.07) is 2.79. The van der Waals surface area contributed by atoms with Crippen LogP contribution in [0.15, 0.2) is 18.2 Å². The molecule has 1 aromatic rings. The predicted octanol–water partition coefficient (Wildman–Crippen LogP) is 1.06. The number of nitrogens with two attached hydrogens (primary N) is 1. The third-order valence-corrected chi connectivity index (χ3v) is 3.33. The average molecular weight is 239 g/mol. The Bertz CT molecular complexity index is 457. The number of phenolic OH excluding ortho intramolecular Hbond substituents is 1. The van der Waals surface area contributed by atoms with E-state index in [1.165, 1.54) is 25.3 Å². The van der Waals surface area contributed by atoms with Gasteiger partial charge in [0.1, 0.15) is 17.6 Å². The van der Waals surface area contributed by atoms with E-state index in [-0.39, 0.29) is 5.75 Å². The SMILES string of the molecule is COC(=O)C(N)C1(c2cc(F)ccc2O)CC1. The smallest absolute Gasteiger partial charge is 0.323 e. The van der Waals surface area contributed by atoms with E-state index in [9.17, 15) is 14.3 Å². The zero-order chi connectivity index (χ0) is 12.6. The second kappa shape index (κ2) is 4.00. The van der Waals surface area contributed by atoms with Gasteiger partial charge in [-0.25, -0.2) is 4.39 Å². The molecule has 5 heteroatoms. The molecular weight excluding hydrogens is 225 g/mol. The molecule has 1 saturated carbocycles. The third kappa shape index (κ3) is 1.86. The van der Waals surface area contributed by atoms with Crippen molar-refractivity contribution in [2.24, 2.45) is 5.73 Å². The zero-order valence-corrected chi connectivity index (χ0v) is 9.44. The Balaban J connectivity index is 2.38. The molecule has 1 unspecified atom stereocenters. The van der Waals surface area contributed by atoms with E-state index in [1.807, 2.05) is 0 Å². The first-order valence-electron chi connectivity index (χ1n) is 5.33. The third-order valence-electron chi connectivity index (χ3n) is 3.33. The van der Waals surface area contributed by atoms with Gasteiger partial charge in [-0.3, -0.25) is 4.79 Å². The molecule has 2 rings (SSSR count). The first kappa shape index (κ1) is 11.9. The second-order valence-electron chi connectivity index (χ2n) is 4.32. The van der Waals surface area contributed by atoms with Gasteiger partial charge in [0.15, 0.2) is 0 Å². The molecule has 0 spiro atoms. The van der Waals surface area contributed by atoms with Gasteiger partial charge >= 0.3 is 5.97 Å². The first-order valence-corrected chi connectivity index (χ1v) is 5.33. The Hall–Kier alpha value is -1.62. The number of carbonyl (C=O) groups excluding carboxylic acids is 1. The van der Waals surface area contributed by atoms with Crippen LogP contribution < -0.4 is 5.73 Å². The molecule has 92 valence electrons. The average Bonchev–Trinajstić information content (AvgIpc) is 3.11. The van der Waals surface area contributed by atoms with Crippen LogP contribution in [-0.2, 0) is 14.9 Å². The lowest BCUT2D eigenvalue weighted by Crippen LogP contribution is -2.42. The predicted molar refractivity (Wildman–Crippen MR) is 59.0 cm³/mol. The van der Waals surface area contributed by atoms with Crippen molar-refractivity contribution in [2.45, 2.75) is 24.3 Å². The summed E-state index contributed by atoms with van der Waals surface area (Å²) >= 11 is 0. The van der Waals surface area contributed by atoms with Crippen molar-refractivity contribution in [2.75, 3.05) is 7.11 Å². The molecule has 0 aromatic heterocycles. The van der Waals surface area contributed by atoms with Crippen molar-refractivity contribution >= 4 is 5.97 Å². The lowest BCUT2D eigenvalue weighted by molar-refractivity contribution is -0.143.